The number of anilines is 1. The van der Waals surface area contributed by atoms with Crippen LogP contribution in [0.2, 0.25) is 0 Å². The smallest absolute Gasteiger partial charge is 0.156 e. The molecule has 1 aromatic rings. The summed E-state index contributed by atoms with van der Waals surface area (Å²) in [6, 6.07) is 9.18. The zero-order chi connectivity index (χ0) is 11.2. The van der Waals surface area contributed by atoms with E-state index in [-0.39, 0.29) is 0 Å². The van der Waals surface area contributed by atoms with Gasteiger partial charge in [-0.15, -0.1) is 0 Å². The molecule has 0 amide bonds. The molecular weight excluding hydrogens is 200 g/mol. The van der Waals surface area contributed by atoms with Crippen molar-refractivity contribution in [2.75, 3.05) is 45.2 Å². The second kappa shape index (κ2) is 3.39. The zero-order valence-corrected chi connectivity index (χ0v) is 10.0. The van der Waals surface area contributed by atoms with E-state index in [0.29, 0.717) is 0 Å². The van der Waals surface area contributed by atoms with E-state index in [1.165, 1.54) is 29.8 Å². The van der Waals surface area contributed by atoms with Crippen LogP contribution in [0.5, 0.6) is 5.75 Å². The molecule has 3 rings (SSSR count). The van der Waals surface area contributed by atoms with Gasteiger partial charge in [-0.1, -0.05) is 12.1 Å². The van der Waals surface area contributed by atoms with Crippen molar-refractivity contribution in [3.8, 4) is 5.75 Å². The van der Waals surface area contributed by atoms with Gasteiger partial charge < -0.3 is 14.1 Å². The summed E-state index contributed by atoms with van der Waals surface area (Å²) in [5, 5.41) is 0. The number of nitrogens with zero attached hydrogens (tertiary/aromatic N) is 2. The summed E-state index contributed by atoms with van der Waals surface area (Å²) in [4.78, 5) is 2.47. The first kappa shape index (κ1) is 9.97. The molecule has 2 aliphatic heterocycles. The van der Waals surface area contributed by atoms with Gasteiger partial charge in [0, 0.05) is 0 Å². The van der Waals surface area contributed by atoms with E-state index in [2.05, 4.69) is 24.1 Å². The first-order chi connectivity index (χ1) is 7.73. The molecular formula is C13H19N2O+. The van der Waals surface area contributed by atoms with Gasteiger partial charge in [-0.05, 0) is 12.1 Å². The molecule has 0 saturated carbocycles. The number of hydrogen-bond donors (Lipinski definition) is 0. The minimum absolute atomic E-state index is 0.846. The van der Waals surface area contributed by atoms with E-state index in [9.17, 15) is 0 Å². The van der Waals surface area contributed by atoms with Crippen molar-refractivity contribution < 1.29 is 9.22 Å². The van der Waals surface area contributed by atoms with E-state index in [4.69, 9.17) is 4.74 Å². The predicted octanol–water partition coefficient (Wildman–Crippen LogP) is 1.34. The SMILES string of the molecule is COc1ccccc1N1CC[N+]2(C)CC2C1. The number of rotatable bonds is 2. The molecule has 2 unspecified atom stereocenters. The van der Waals surface area contributed by atoms with Crippen molar-refractivity contribution in [3.63, 3.8) is 0 Å². The minimum atomic E-state index is 0.846. The Bertz CT molecular complexity index is 407. The normalized spacial score (nSPS) is 32.1. The summed E-state index contributed by atoms with van der Waals surface area (Å²) in [6.07, 6.45) is 0. The molecule has 2 heterocycles. The predicted molar refractivity (Wildman–Crippen MR) is 64.9 cm³/mol. The van der Waals surface area contributed by atoms with E-state index in [1.54, 1.807) is 7.11 Å². The molecule has 86 valence electrons. The van der Waals surface area contributed by atoms with Gasteiger partial charge in [-0.2, -0.15) is 0 Å². The number of ether oxygens (including phenoxy) is 1. The summed E-state index contributed by atoms with van der Waals surface area (Å²) in [5.41, 5.74) is 1.25. The van der Waals surface area contributed by atoms with Crippen LogP contribution >= 0.6 is 0 Å². The minimum Gasteiger partial charge on any atom is -0.495 e. The summed E-state index contributed by atoms with van der Waals surface area (Å²) in [5.74, 6) is 0.999. The number of fused-ring (bicyclic) bond motifs is 1. The largest absolute Gasteiger partial charge is 0.495 e. The molecule has 3 nitrogen and oxygen atoms in total. The highest BCUT2D eigenvalue weighted by molar-refractivity contribution is 5.58. The van der Waals surface area contributed by atoms with Gasteiger partial charge in [0.2, 0.25) is 0 Å². The fourth-order valence-corrected chi connectivity index (χ4v) is 2.77. The lowest BCUT2D eigenvalue weighted by molar-refractivity contribution is -0.792. The molecule has 0 aromatic heterocycles. The number of quaternary nitrogens is 1. The Morgan fingerprint density at radius 1 is 1.38 bits per heavy atom. The number of para-hydroxylation sites is 2. The average molecular weight is 219 g/mol. The molecule has 0 aliphatic carbocycles. The molecule has 0 N–H and O–H groups in total. The van der Waals surface area contributed by atoms with E-state index >= 15 is 0 Å². The van der Waals surface area contributed by atoms with Crippen LogP contribution in [-0.2, 0) is 0 Å². The fraction of sp³-hybridized carbons (Fsp3) is 0.538. The topological polar surface area (TPSA) is 12.5 Å². The Hall–Kier alpha value is -1.22. The molecule has 0 radical (unpaired) electrons. The Morgan fingerprint density at radius 2 is 2.19 bits per heavy atom. The van der Waals surface area contributed by atoms with Crippen LogP contribution in [0, 0.1) is 0 Å². The molecule has 2 atom stereocenters. The second-order valence-electron chi connectivity index (χ2n) is 5.16. The Kier molecular flexibility index (Phi) is 2.11. The Morgan fingerprint density at radius 3 is 2.94 bits per heavy atom. The quantitative estimate of drug-likeness (QED) is 0.550. The number of likely N-dealkylation sites (N-methyl/N-ethyl adjacent to an activating group) is 1. The summed E-state index contributed by atoms with van der Waals surface area (Å²) in [7, 11) is 4.12. The van der Waals surface area contributed by atoms with Crippen LogP contribution in [0.1, 0.15) is 0 Å². The molecule has 2 aliphatic rings. The van der Waals surface area contributed by atoms with Crippen LogP contribution in [0.15, 0.2) is 24.3 Å². The standard InChI is InChI=1S/C13H19N2O/c1-15-8-7-14(9-11(15)10-15)12-5-3-4-6-13(12)16-2/h3-6,11H,7-10H2,1-2H3/q+1. The van der Waals surface area contributed by atoms with Gasteiger partial charge in [-0.3, -0.25) is 0 Å². The highest BCUT2D eigenvalue weighted by Gasteiger charge is 2.54. The molecule has 1 aromatic carbocycles. The number of benzene rings is 1. The van der Waals surface area contributed by atoms with E-state index in [0.717, 1.165) is 18.3 Å². The van der Waals surface area contributed by atoms with Crippen LogP contribution < -0.4 is 9.64 Å². The third-order valence-electron chi connectivity index (χ3n) is 4.11. The fourth-order valence-electron chi connectivity index (χ4n) is 2.77. The molecule has 2 fully saturated rings. The van der Waals surface area contributed by atoms with Crippen molar-refractivity contribution >= 4 is 5.69 Å². The van der Waals surface area contributed by atoms with Crippen LogP contribution in [-0.4, -0.2) is 50.9 Å². The van der Waals surface area contributed by atoms with Gasteiger partial charge >= 0.3 is 0 Å². The Balaban J connectivity index is 1.82. The summed E-state index contributed by atoms with van der Waals surface area (Å²) < 4.78 is 6.71. The molecule has 2 saturated heterocycles. The monoisotopic (exact) mass is 219 g/mol. The van der Waals surface area contributed by atoms with Crippen molar-refractivity contribution in [2.24, 2.45) is 0 Å². The van der Waals surface area contributed by atoms with E-state index < -0.39 is 0 Å². The average Bonchev–Trinajstić information content (AvgIpc) is 2.99. The number of hydrogen-bond acceptors (Lipinski definition) is 2. The van der Waals surface area contributed by atoms with Gasteiger partial charge in [0.05, 0.1) is 39.5 Å². The lowest BCUT2D eigenvalue weighted by Crippen LogP contribution is -2.45. The zero-order valence-electron chi connectivity index (χ0n) is 10.0. The maximum Gasteiger partial charge on any atom is 0.156 e. The third kappa shape index (κ3) is 1.47. The number of piperazine rings is 1. The second-order valence-corrected chi connectivity index (χ2v) is 5.16. The summed E-state index contributed by atoms with van der Waals surface area (Å²) in [6.45, 7) is 4.94. The Labute approximate surface area is 96.8 Å². The van der Waals surface area contributed by atoms with Crippen LogP contribution in [0.4, 0.5) is 5.69 Å². The van der Waals surface area contributed by atoms with Gasteiger partial charge in [0.15, 0.2) is 6.04 Å². The van der Waals surface area contributed by atoms with Gasteiger partial charge in [-0.25, -0.2) is 0 Å². The van der Waals surface area contributed by atoms with Crippen LogP contribution in [0.3, 0.4) is 0 Å². The number of methoxy groups -OCH3 is 1. The lowest BCUT2D eigenvalue weighted by Gasteiger charge is -2.31. The van der Waals surface area contributed by atoms with Crippen molar-refractivity contribution in [3.05, 3.63) is 24.3 Å². The molecule has 0 spiro atoms. The lowest BCUT2D eigenvalue weighted by atomic mass is 10.2. The van der Waals surface area contributed by atoms with Gasteiger partial charge in [0.1, 0.15) is 12.3 Å². The molecule has 3 heteroatoms. The van der Waals surface area contributed by atoms with Crippen LogP contribution in [0.25, 0.3) is 0 Å². The third-order valence-corrected chi connectivity index (χ3v) is 4.11. The molecule has 0 bridgehead atoms. The first-order valence-electron chi connectivity index (χ1n) is 5.95. The highest BCUT2D eigenvalue weighted by Crippen LogP contribution is 2.36. The highest BCUT2D eigenvalue weighted by atomic mass is 16.5. The first-order valence-corrected chi connectivity index (χ1v) is 5.95. The molecule has 16 heavy (non-hydrogen) atoms. The van der Waals surface area contributed by atoms with Crippen molar-refractivity contribution in [1.29, 1.82) is 0 Å². The van der Waals surface area contributed by atoms with E-state index in [1.807, 2.05) is 12.1 Å². The van der Waals surface area contributed by atoms with Gasteiger partial charge in [0.25, 0.3) is 0 Å². The summed E-state index contributed by atoms with van der Waals surface area (Å²) >= 11 is 0. The maximum atomic E-state index is 5.43. The maximum absolute atomic E-state index is 5.43. The van der Waals surface area contributed by atoms with Crippen molar-refractivity contribution in [1.82, 2.24) is 0 Å². The van der Waals surface area contributed by atoms with Crippen molar-refractivity contribution in [2.45, 2.75) is 6.04 Å².